The molecule has 0 bridgehead atoms. The molecule has 0 spiro atoms. The largest absolute Gasteiger partial charge is 0.345 e. The van der Waals surface area contributed by atoms with Crippen LogP contribution in [0.3, 0.4) is 0 Å². The van der Waals surface area contributed by atoms with E-state index in [0.29, 0.717) is 18.2 Å². The van der Waals surface area contributed by atoms with E-state index in [9.17, 15) is 13.2 Å². The second-order valence-corrected chi connectivity index (χ2v) is 7.26. The van der Waals surface area contributed by atoms with Crippen LogP contribution < -0.4 is 0 Å². The summed E-state index contributed by atoms with van der Waals surface area (Å²) in [6.45, 7) is 4.61. The maximum atomic E-state index is 12.1. The molecule has 1 amide bonds. The van der Waals surface area contributed by atoms with Gasteiger partial charge in [0.2, 0.25) is 0 Å². The maximum Gasteiger partial charge on any atom is 0.270 e. The Balaban J connectivity index is 3.04. The fourth-order valence-electron chi connectivity index (χ4n) is 1.71. The van der Waals surface area contributed by atoms with E-state index in [0.717, 1.165) is 0 Å². The van der Waals surface area contributed by atoms with Crippen LogP contribution in [0.2, 0.25) is 0 Å². The molecule has 0 atom stereocenters. The van der Waals surface area contributed by atoms with Crippen LogP contribution in [-0.2, 0) is 16.1 Å². The first-order chi connectivity index (χ1) is 8.12. The molecule has 0 saturated heterocycles. The molecule has 0 unspecified atom stereocenters. The van der Waals surface area contributed by atoms with Gasteiger partial charge in [0, 0.05) is 37.5 Å². The summed E-state index contributed by atoms with van der Waals surface area (Å²) < 4.78 is 23.9. The Hall–Kier alpha value is -1.01. The monoisotopic (exact) mass is 292 g/mol. The number of nitrogens with zero attached hydrogens (tertiary/aromatic N) is 2. The number of aryl methyl sites for hydroxylation is 1. The van der Waals surface area contributed by atoms with Crippen molar-refractivity contribution in [3.05, 3.63) is 18.0 Å². The van der Waals surface area contributed by atoms with Crippen LogP contribution in [-0.4, -0.2) is 37.4 Å². The average Bonchev–Trinajstić information content (AvgIpc) is 2.57. The molecule has 0 radical (unpaired) electrons. The first-order valence-electron chi connectivity index (χ1n) is 5.49. The Morgan fingerprint density at radius 1 is 1.50 bits per heavy atom. The van der Waals surface area contributed by atoms with E-state index in [1.165, 1.54) is 16.8 Å². The van der Waals surface area contributed by atoms with Crippen molar-refractivity contribution in [1.82, 2.24) is 9.47 Å². The standard InChI is InChI=1S/C11H17ClN2O3S/c1-8(2)6-14(4)11(15)10-5-9(7-13(10)3)18(12,16)17/h5,7-8H,6H2,1-4H3. The van der Waals surface area contributed by atoms with E-state index in [2.05, 4.69) is 0 Å². The minimum atomic E-state index is -3.81. The number of hydrogen-bond donors (Lipinski definition) is 0. The van der Waals surface area contributed by atoms with Gasteiger partial charge in [-0.3, -0.25) is 4.79 Å². The molecule has 1 heterocycles. The van der Waals surface area contributed by atoms with Crippen molar-refractivity contribution in [2.24, 2.45) is 13.0 Å². The lowest BCUT2D eigenvalue weighted by atomic mass is 10.2. The van der Waals surface area contributed by atoms with Gasteiger partial charge in [-0.1, -0.05) is 13.8 Å². The molecular weight excluding hydrogens is 276 g/mol. The lowest BCUT2D eigenvalue weighted by Crippen LogP contribution is -2.31. The number of halogens is 1. The molecule has 7 heteroatoms. The van der Waals surface area contributed by atoms with Gasteiger partial charge in [0.25, 0.3) is 15.0 Å². The van der Waals surface area contributed by atoms with E-state index in [-0.39, 0.29) is 10.8 Å². The molecule has 1 aromatic rings. The zero-order valence-corrected chi connectivity index (χ0v) is 12.4. The van der Waals surface area contributed by atoms with Crippen molar-refractivity contribution < 1.29 is 13.2 Å². The van der Waals surface area contributed by atoms with Gasteiger partial charge in [-0.2, -0.15) is 0 Å². The third-order valence-electron chi connectivity index (χ3n) is 2.47. The van der Waals surface area contributed by atoms with E-state index in [4.69, 9.17) is 10.7 Å². The highest BCUT2D eigenvalue weighted by Crippen LogP contribution is 2.18. The Morgan fingerprint density at radius 2 is 2.06 bits per heavy atom. The first-order valence-corrected chi connectivity index (χ1v) is 7.80. The minimum Gasteiger partial charge on any atom is -0.345 e. The maximum absolute atomic E-state index is 12.1. The third kappa shape index (κ3) is 3.49. The summed E-state index contributed by atoms with van der Waals surface area (Å²) in [5.74, 6) is 0.119. The second kappa shape index (κ2) is 5.32. The summed E-state index contributed by atoms with van der Waals surface area (Å²) in [6.07, 6.45) is 1.33. The number of carbonyl (C=O) groups is 1. The molecule has 102 valence electrons. The summed E-state index contributed by atoms with van der Waals surface area (Å²) >= 11 is 0. The molecule has 0 N–H and O–H groups in total. The van der Waals surface area contributed by atoms with Crippen molar-refractivity contribution in [2.75, 3.05) is 13.6 Å². The molecule has 0 fully saturated rings. The van der Waals surface area contributed by atoms with Crippen LogP contribution >= 0.6 is 10.7 Å². The number of aromatic nitrogens is 1. The van der Waals surface area contributed by atoms with E-state index in [1.54, 1.807) is 19.0 Å². The Bertz CT molecular complexity index is 549. The van der Waals surface area contributed by atoms with Crippen molar-refractivity contribution in [1.29, 1.82) is 0 Å². The van der Waals surface area contributed by atoms with Gasteiger partial charge < -0.3 is 9.47 Å². The minimum absolute atomic E-state index is 0.0621. The second-order valence-electron chi connectivity index (χ2n) is 4.69. The van der Waals surface area contributed by atoms with Gasteiger partial charge in [-0.15, -0.1) is 0 Å². The lowest BCUT2D eigenvalue weighted by Gasteiger charge is -2.19. The van der Waals surface area contributed by atoms with Crippen LogP contribution in [0.15, 0.2) is 17.2 Å². The molecule has 1 aromatic heterocycles. The van der Waals surface area contributed by atoms with Crippen molar-refractivity contribution in [2.45, 2.75) is 18.7 Å². The first kappa shape index (κ1) is 15.0. The lowest BCUT2D eigenvalue weighted by molar-refractivity contribution is 0.0769. The van der Waals surface area contributed by atoms with Crippen molar-refractivity contribution in [3.8, 4) is 0 Å². The molecule has 0 aliphatic heterocycles. The molecule has 5 nitrogen and oxygen atoms in total. The van der Waals surface area contributed by atoms with Crippen molar-refractivity contribution >= 4 is 25.6 Å². The van der Waals surface area contributed by atoms with Gasteiger partial charge in [-0.05, 0) is 12.0 Å². The number of carbonyl (C=O) groups excluding carboxylic acids is 1. The zero-order valence-electron chi connectivity index (χ0n) is 10.8. The molecule has 0 aliphatic carbocycles. The summed E-state index contributed by atoms with van der Waals surface area (Å²) in [5.41, 5.74) is 0.303. The highest BCUT2D eigenvalue weighted by molar-refractivity contribution is 8.13. The van der Waals surface area contributed by atoms with Crippen LogP contribution in [0.5, 0.6) is 0 Å². The molecule has 1 rings (SSSR count). The van der Waals surface area contributed by atoms with E-state index in [1.807, 2.05) is 13.8 Å². The molecular formula is C11H17ClN2O3S. The third-order valence-corrected chi connectivity index (χ3v) is 3.79. The van der Waals surface area contributed by atoms with Gasteiger partial charge in [-0.25, -0.2) is 8.42 Å². The van der Waals surface area contributed by atoms with Crippen LogP contribution in [0.4, 0.5) is 0 Å². The smallest absolute Gasteiger partial charge is 0.270 e. The Kier molecular flexibility index (Phi) is 4.45. The highest BCUT2D eigenvalue weighted by Gasteiger charge is 2.21. The SMILES string of the molecule is CC(C)CN(C)C(=O)c1cc(S(=O)(=O)Cl)cn1C. The predicted molar refractivity (Wildman–Crippen MR) is 70.3 cm³/mol. The molecule has 0 aromatic carbocycles. The number of hydrogen-bond acceptors (Lipinski definition) is 3. The van der Waals surface area contributed by atoms with Gasteiger partial charge in [0.05, 0.1) is 0 Å². The zero-order chi connectivity index (χ0) is 14.1. The average molecular weight is 293 g/mol. The van der Waals surface area contributed by atoms with Crippen LogP contribution in [0.1, 0.15) is 24.3 Å². The Morgan fingerprint density at radius 3 is 2.44 bits per heavy atom. The van der Waals surface area contributed by atoms with E-state index < -0.39 is 9.05 Å². The summed E-state index contributed by atoms with van der Waals surface area (Å²) in [5, 5.41) is 0. The fourth-order valence-corrected chi connectivity index (χ4v) is 2.50. The van der Waals surface area contributed by atoms with E-state index >= 15 is 0 Å². The fraction of sp³-hybridized carbons (Fsp3) is 0.545. The highest BCUT2D eigenvalue weighted by atomic mass is 35.7. The van der Waals surface area contributed by atoms with Crippen LogP contribution in [0, 0.1) is 5.92 Å². The summed E-state index contributed by atoms with van der Waals surface area (Å²) in [7, 11) is 4.74. The number of amides is 1. The Labute approximate surface area is 112 Å². The number of rotatable bonds is 4. The molecule has 0 saturated carbocycles. The summed E-state index contributed by atoms with van der Waals surface area (Å²) in [4.78, 5) is 13.6. The van der Waals surface area contributed by atoms with Gasteiger partial charge in [0.1, 0.15) is 10.6 Å². The summed E-state index contributed by atoms with van der Waals surface area (Å²) in [6, 6.07) is 1.29. The predicted octanol–water partition coefficient (Wildman–Crippen LogP) is 1.68. The van der Waals surface area contributed by atoms with Crippen LogP contribution in [0.25, 0.3) is 0 Å². The normalized spacial score (nSPS) is 11.9. The molecule has 18 heavy (non-hydrogen) atoms. The van der Waals surface area contributed by atoms with Crippen molar-refractivity contribution in [3.63, 3.8) is 0 Å². The topological polar surface area (TPSA) is 59.4 Å². The van der Waals surface area contributed by atoms with Gasteiger partial charge >= 0.3 is 0 Å². The van der Waals surface area contributed by atoms with Gasteiger partial charge in [0.15, 0.2) is 0 Å². The quantitative estimate of drug-likeness (QED) is 0.793. The molecule has 0 aliphatic rings.